The Labute approximate surface area is 97.0 Å². The molecule has 0 saturated heterocycles. The van der Waals surface area contributed by atoms with Crippen LogP contribution in [0.15, 0.2) is 4.42 Å². The van der Waals surface area contributed by atoms with E-state index >= 15 is 0 Å². The van der Waals surface area contributed by atoms with Crippen LogP contribution in [0.1, 0.15) is 24.9 Å². The van der Waals surface area contributed by atoms with Crippen molar-refractivity contribution in [3.05, 3.63) is 11.6 Å². The van der Waals surface area contributed by atoms with Crippen LogP contribution in [0.5, 0.6) is 0 Å². The van der Waals surface area contributed by atoms with E-state index < -0.39 is 0 Å². The Kier molecular flexibility index (Phi) is 3.58. The lowest BCUT2D eigenvalue weighted by Gasteiger charge is -1.91. The minimum atomic E-state index is 0.513. The number of rotatable bonds is 5. The first kappa shape index (κ1) is 11.2. The second-order valence-corrected chi connectivity index (χ2v) is 4.05. The summed E-state index contributed by atoms with van der Waals surface area (Å²) in [5, 5.41) is 12.0. The van der Waals surface area contributed by atoms with Crippen LogP contribution < -0.4 is 5.73 Å². The number of nitrogens with zero attached hydrogens (tertiary/aromatic N) is 4. The van der Waals surface area contributed by atoms with E-state index in [1.54, 1.807) is 0 Å². The summed E-state index contributed by atoms with van der Waals surface area (Å²) in [6.07, 6.45) is 2.38. The highest BCUT2D eigenvalue weighted by Crippen LogP contribution is 2.25. The zero-order chi connectivity index (χ0) is 11.4. The predicted molar refractivity (Wildman–Crippen MR) is 60.0 cm³/mol. The normalized spacial score (nSPS) is 10.9. The van der Waals surface area contributed by atoms with Crippen LogP contribution in [0.3, 0.4) is 0 Å². The highest BCUT2D eigenvalue weighted by molar-refractivity contribution is 7.09. The van der Waals surface area contributed by atoms with Crippen LogP contribution in [0, 0.1) is 0 Å². The second-order valence-electron chi connectivity index (χ2n) is 3.30. The van der Waals surface area contributed by atoms with Crippen molar-refractivity contribution in [1.29, 1.82) is 0 Å². The molecule has 0 aliphatic heterocycles. The number of aryl methyl sites for hydroxylation is 2. The Hall–Kier alpha value is -1.34. The van der Waals surface area contributed by atoms with Crippen molar-refractivity contribution < 1.29 is 4.42 Å². The first-order chi connectivity index (χ1) is 7.85. The first-order valence-corrected chi connectivity index (χ1v) is 5.96. The maximum Gasteiger partial charge on any atom is 0.261 e. The molecule has 0 atom stereocenters. The standard InChI is InChI=1S/C9H13N5OS/c1-2-6-8(16-14-11-6)9-13-12-7(15-9)4-3-5-10/h2-5,10H2,1H3. The van der Waals surface area contributed by atoms with Gasteiger partial charge in [0.15, 0.2) is 0 Å². The van der Waals surface area contributed by atoms with Crippen LogP contribution in [0.4, 0.5) is 0 Å². The molecule has 0 bridgehead atoms. The van der Waals surface area contributed by atoms with Gasteiger partial charge >= 0.3 is 0 Å². The molecule has 0 aromatic carbocycles. The molecule has 0 saturated carbocycles. The fraction of sp³-hybridized carbons (Fsp3) is 0.556. The van der Waals surface area contributed by atoms with E-state index in [1.807, 2.05) is 6.92 Å². The highest BCUT2D eigenvalue weighted by Gasteiger charge is 2.15. The molecule has 0 amide bonds. The van der Waals surface area contributed by atoms with E-state index in [0.29, 0.717) is 18.3 Å². The maximum absolute atomic E-state index is 5.53. The van der Waals surface area contributed by atoms with Gasteiger partial charge < -0.3 is 10.2 Å². The van der Waals surface area contributed by atoms with Gasteiger partial charge in [-0.2, -0.15) is 0 Å². The quantitative estimate of drug-likeness (QED) is 0.838. The summed E-state index contributed by atoms with van der Waals surface area (Å²) >= 11 is 1.28. The van der Waals surface area contributed by atoms with Gasteiger partial charge in [0.1, 0.15) is 4.88 Å². The third kappa shape index (κ3) is 2.25. The SMILES string of the molecule is CCc1nnsc1-c1nnc(CCCN)o1. The monoisotopic (exact) mass is 239 g/mol. The van der Waals surface area contributed by atoms with E-state index in [9.17, 15) is 0 Å². The van der Waals surface area contributed by atoms with E-state index in [2.05, 4.69) is 19.8 Å². The lowest BCUT2D eigenvalue weighted by molar-refractivity contribution is 0.499. The first-order valence-electron chi connectivity index (χ1n) is 5.19. The molecule has 2 N–H and O–H groups in total. The van der Waals surface area contributed by atoms with Crippen LogP contribution in [-0.4, -0.2) is 26.3 Å². The fourth-order valence-electron chi connectivity index (χ4n) is 1.30. The van der Waals surface area contributed by atoms with Gasteiger partial charge in [-0.05, 0) is 30.9 Å². The molecular weight excluding hydrogens is 226 g/mol. The van der Waals surface area contributed by atoms with Crippen LogP contribution in [0.2, 0.25) is 0 Å². The Morgan fingerprint density at radius 1 is 1.31 bits per heavy atom. The molecule has 0 unspecified atom stereocenters. The zero-order valence-electron chi connectivity index (χ0n) is 9.01. The van der Waals surface area contributed by atoms with E-state index in [0.717, 1.165) is 29.8 Å². The smallest absolute Gasteiger partial charge is 0.261 e. The largest absolute Gasteiger partial charge is 0.420 e. The van der Waals surface area contributed by atoms with Gasteiger partial charge in [0, 0.05) is 6.42 Å². The summed E-state index contributed by atoms with van der Waals surface area (Å²) < 4.78 is 9.41. The number of hydrogen-bond donors (Lipinski definition) is 1. The Morgan fingerprint density at radius 3 is 2.94 bits per heavy atom. The Bertz CT molecular complexity index is 452. The fourth-order valence-corrected chi connectivity index (χ4v) is 1.97. The molecule has 0 aliphatic carbocycles. The third-order valence-corrected chi connectivity index (χ3v) is 2.90. The molecule has 2 heterocycles. The van der Waals surface area contributed by atoms with E-state index in [-0.39, 0.29) is 0 Å². The molecule has 16 heavy (non-hydrogen) atoms. The van der Waals surface area contributed by atoms with Gasteiger partial charge in [-0.15, -0.1) is 15.3 Å². The van der Waals surface area contributed by atoms with E-state index in [4.69, 9.17) is 10.2 Å². The van der Waals surface area contributed by atoms with Crippen molar-refractivity contribution in [2.75, 3.05) is 6.54 Å². The van der Waals surface area contributed by atoms with Crippen LogP contribution in [0.25, 0.3) is 10.8 Å². The summed E-state index contributed by atoms with van der Waals surface area (Å²) in [5.41, 5.74) is 6.32. The molecule has 0 fully saturated rings. The Balaban J connectivity index is 2.18. The average Bonchev–Trinajstić information content (AvgIpc) is 2.94. The summed E-state index contributed by atoms with van der Waals surface area (Å²) in [5.74, 6) is 1.13. The number of hydrogen-bond acceptors (Lipinski definition) is 7. The van der Waals surface area contributed by atoms with Gasteiger partial charge in [0.2, 0.25) is 5.89 Å². The highest BCUT2D eigenvalue weighted by atomic mass is 32.1. The van der Waals surface area contributed by atoms with Gasteiger partial charge in [-0.3, -0.25) is 0 Å². The second kappa shape index (κ2) is 5.13. The molecule has 6 nitrogen and oxygen atoms in total. The van der Waals surface area contributed by atoms with Crippen molar-refractivity contribution in [1.82, 2.24) is 19.8 Å². The Morgan fingerprint density at radius 2 is 2.19 bits per heavy atom. The summed E-state index contributed by atoms with van der Waals surface area (Å²) in [6, 6.07) is 0. The molecule has 86 valence electrons. The zero-order valence-corrected chi connectivity index (χ0v) is 9.83. The van der Waals surface area contributed by atoms with Crippen LogP contribution >= 0.6 is 11.5 Å². The van der Waals surface area contributed by atoms with Gasteiger partial charge in [0.25, 0.3) is 5.89 Å². The molecule has 2 aromatic rings. The minimum absolute atomic E-state index is 0.513. The molecule has 0 radical (unpaired) electrons. The molecule has 2 aromatic heterocycles. The van der Waals surface area contributed by atoms with Gasteiger partial charge in [0.05, 0.1) is 5.69 Å². The topological polar surface area (TPSA) is 90.7 Å². The van der Waals surface area contributed by atoms with Crippen molar-refractivity contribution in [2.45, 2.75) is 26.2 Å². The van der Waals surface area contributed by atoms with Gasteiger partial charge in [-0.25, -0.2) is 0 Å². The van der Waals surface area contributed by atoms with Crippen molar-refractivity contribution in [3.63, 3.8) is 0 Å². The lowest BCUT2D eigenvalue weighted by atomic mass is 10.3. The van der Waals surface area contributed by atoms with Crippen molar-refractivity contribution in [3.8, 4) is 10.8 Å². The average molecular weight is 239 g/mol. The summed E-state index contributed by atoms with van der Waals surface area (Å²) in [6.45, 7) is 2.64. The molecular formula is C9H13N5OS. The minimum Gasteiger partial charge on any atom is -0.420 e. The van der Waals surface area contributed by atoms with E-state index in [1.165, 1.54) is 11.5 Å². The lowest BCUT2D eigenvalue weighted by Crippen LogP contribution is -2.00. The molecule has 7 heteroatoms. The van der Waals surface area contributed by atoms with Gasteiger partial charge in [-0.1, -0.05) is 11.4 Å². The molecule has 2 rings (SSSR count). The van der Waals surface area contributed by atoms with Crippen molar-refractivity contribution >= 4 is 11.5 Å². The number of aromatic nitrogens is 4. The number of nitrogens with two attached hydrogens (primary N) is 1. The maximum atomic E-state index is 5.53. The molecule has 0 spiro atoms. The summed E-state index contributed by atoms with van der Waals surface area (Å²) in [7, 11) is 0. The van der Waals surface area contributed by atoms with Crippen molar-refractivity contribution in [2.24, 2.45) is 5.73 Å². The van der Waals surface area contributed by atoms with Crippen LogP contribution in [-0.2, 0) is 12.8 Å². The third-order valence-electron chi connectivity index (χ3n) is 2.15. The molecule has 0 aliphatic rings. The predicted octanol–water partition coefficient (Wildman–Crippen LogP) is 1.04. The summed E-state index contributed by atoms with van der Waals surface area (Å²) in [4.78, 5) is 0.869.